The summed E-state index contributed by atoms with van der Waals surface area (Å²) in [7, 11) is 1.97. The van der Waals surface area contributed by atoms with E-state index in [0.29, 0.717) is 10.9 Å². The Hall–Kier alpha value is -1.28. The molecule has 0 N–H and O–H groups in total. The van der Waals surface area contributed by atoms with Crippen molar-refractivity contribution < 1.29 is 4.79 Å². The van der Waals surface area contributed by atoms with Crippen LogP contribution in [0.15, 0.2) is 18.2 Å². The maximum atomic E-state index is 11.2. The highest BCUT2D eigenvalue weighted by Gasteiger charge is 2.16. The summed E-state index contributed by atoms with van der Waals surface area (Å²) in [6.45, 7) is 4.17. The van der Waals surface area contributed by atoms with Crippen LogP contribution in [0.25, 0.3) is 10.9 Å². The Morgan fingerprint density at radius 1 is 1.38 bits per heavy atom. The minimum Gasteiger partial charge on any atom is -0.347 e. The molecule has 0 radical (unpaired) electrons. The Labute approximate surface area is 99.8 Å². The van der Waals surface area contributed by atoms with E-state index in [1.165, 1.54) is 0 Å². The van der Waals surface area contributed by atoms with Crippen molar-refractivity contribution in [3.05, 3.63) is 34.5 Å². The molecule has 84 valence electrons. The van der Waals surface area contributed by atoms with E-state index in [4.69, 9.17) is 11.6 Å². The van der Waals surface area contributed by atoms with Crippen LogP contribution in [0, 0.1) is 0 Å². The number of carbonyl (C=O) groups is 1. The third-order valence-corrected chi connectivity index (χ3v) is 3.15. The third kappa shape index (κ3) is 1.54. The molecule has 1 heterocycles. The summed E-state index contributed by atoms with van der Waals surface area (Å²) in [6.07, 6.45) is 0.936. The van der Waals surface area contributed by atoms with Gasteiger partial charge in [-0.1, -0.05) is 31.5 Å². The van der Waals surface area contributed by atoms with Gasteiger partial charge in [-0.15, -0.1) is 0 Å². The third-order valence-electron chi connectivity index (χ3n) is 2.91. The van der Waals surface area contributed by atoms with Gasteiger partial charge in [0, 0.05) is 28.7 Å². The van der Waals surface area contributed by atoms with Gasteiger partial charge in [-0.05, 0) is 18.1 Å². The van der Waals surface area contributed by atoms with E-state index in [2.05, 4.69) is 18.4 Å². The average Bonchev–Trinajstić information content (AvgIpc) is 2.51. The first-order chi connectivity index (χ1) is 7.56. The van der Waals surface area contributed by atoms with Gasteiger partial charge < -0.3 is 4.57 Å². The molecule has 0 aliphatic heterocycles. The number of fused-ring (bicyclic) bond motifs is 1. The first-order valence-corrected chi connectivity index (χ1v) is 5.67. The monoisotopic (exact) mass is 235 g/mol. The van der Waals surface area contributed by atoms with E-state index in [1.807, 2.05) is 25.2 Å². The van der Waals surface area contributed by atoms with E-state index >= 15 is 0 Å². The van der Waals surface area contributed by atoms with Crippen molar-refractivity contribution >= 4 is 28.8 Å². The molecule has 0 atom stereocenters. The zero-order valence-electron chi connectivity index (χ0n) is 9.62. The number of rotatable bonds is 2. The predicted molar refractivity (Wildman–Crippen MR) is 67.4 cm³/mol. The van der Waals surface area contributed by atoms with Crippen LogP contribution in [0.1, 0.15) is 35.8 Å². The zero-order chi connectivity index (χ0) is 11.9. The van der Waals surface area contributed by atoms with Gasteiger partial charge in [-0.2, -0.15) is 0 Å². The molecule has 1 aromatic carbocycles. The molecule has 3 heteroatoms. The molecule has 0 saturated carbocycles. The molecule has 0 aliphatic rings. The summed E-state index contributed by atoms with van der Waals surface area (Å²) in [5.41, 5.74) is 2.86. The molecule has 0 spiro atoms. The van der Waals surface area contributed by atoms with Crippen LogP contribution < -0.4 is 0 Å². The second kappa shape index (κ2) is 3.95. The molecule has 0 bridgehead atoms. The summed E-state index contributed by atoms with van der Waals surface area (Å²) in [5, 5.41) is 1.67. The number of aromatic nitrogens is 1. The number of nitrogens with zero attached hydrogens (tertiary/aromatic N) is 1. The molecule has 0 amide bonds. The lowest BCUT2D eigenvalue weighted by atomic mass is 10.0. The lowest BCUT2D eigenvalue weighted by molar-refractivity contribution is 0.112. The maximum absolute atomic E-state index is 11.2. The molecule has 0 fully saturated rings. The highest BCUT2D eigenvalue weighted by Crippen LogP contribution is 2.30. The van der Waals surface area contributed by atoms with Crippen LogP contribution in [-0.4, -0.2) is 10.9 Å². The molecular weight excluding hydrogens is 222 g/mol. The number of halogens is 1. The van der Waals surface area contributed by atoms with Gasteiger partial charge in [0.25, 0.3) is 0 Å². The summed E-state index contributed by atoms with van der Waals surface area (Å²) in [6, 6.07) is 5.63. The molecule has 1 aromatic heterocycles. The van der Waals surface area contributed by atoms with E-state index in [0.717, 1.165) is 28.4 Å². The highest BCUT2D eigenvalue weighted by atomic mass is 35.5. The normalized spacial score (nSPS) is 11.3. The Morgan fingerprint density at radius 3 is 2.62 bits per heavy atom. The minimum atomic E-state index is 0.316. The molecular formula is C13H14ClNO. The van der Waals surface area contributed by atoms with Gasteiger partial charge in [-0.25, -0.2) is 0 Å². The minimum absolute atomic E-state index is 0.316. The number of aldehydes is 1. The van der Waals surface area contributed by atoms with E-state index in [1.54, 1.807) is 0 Å². The summed E-state index contributed by atoms with van der Waals surface area (Å²) in [5.74, 6) is 0.316. The Balaban J connectivity index is 2.90. The number of aryl methyl sites for hydroxylation is 1. The van der Waals surface area contributed by atoms with E-state index in [9.17, 15) is 4.79 Å². The molecule has 16 heavy (non-hydrogen) atoms. The number of benzene rings is 1. The fourth-order valence-corrected chi connectivity index (χ4v) is 2.45. The summed E-state index contributed by atoms with van der Waals surface area (Å²) >= 11 is 5.97. The highest BCUT2D eigenvalue weighted by molar-refractivity contribution is 6.31. The lowest BCUT2D eigenvalue weighted by Crippen LogP contribution is -2.00. The van der Waals surface area contributed by atoms with Crippen molar-refractivity contribution in [1.82, 2.24) is 4.57 Å². The number of carbonyl (C=O) groups excluding carboxylic acids is 1. The number of hydrogen-bond donors (Lipinski definition) is 0. The molecule has 2 rings (SSSR count). The van der Waals surface area contributed by atoms with Crippen LogP contribution in [0.4, 0.5) is 0 Å². The van der Waals surface area contributed by atoms with Crippen molar-refractivity contribution in [1.29, 1.82) is 0 Å². The van der Waals surface area contributed by atoms with E-state index in [-0.39, 0.29) is 0 Å². The van der Waals surface area contributed by atoms with Crippen molar-refractivity contribution in [2.45, 2.75) is 19.8 Å². The topological polar surface area (TPSA) is 22.0 Å². The Kier molecular flexibility index (Phi) is 2.76. The van der Waals surface area contributed by atoms with Gasteiger partial charge in [0.2, 0.25) is 0 Å². The lowest BCUT2D eigenvalue weighted by Gasteiger charge is -2.08. The van der Waals surface area contributed by atoms with Crippen molar-refractivity contribution in [2.75, 3.05) is 0 Å². The first kappa shape index (κ1) is 11.2. The largest absolute Gasteiger partial charge is 0.347 e. The van der Waals surface area contributed by atoms with Gasteiger partial charge >= 0.3 is 0 Å². The van der Waals surface area contributed by atoms with Crippen molar-refractivity contribution in [3.63, 3.8) is 0 Å². The fourth-order valence-electron chi connectivity index (χ4n) is 2.28. The van der Waals surface area contributed by atoms with Crippen molar-refractivity contribution in [3.8, 4) is 0 Å². The van der Waals surface area contributed by atoms with Gasteiger partial charge in [0.05, 0.1) is 5.52 Å². The van der Waals surface area contributed by atoms with Gasteiger partial charge in [-0.3, -0.25) is 4.79 Å². The van der Waals surface area contributed by atoms with Gasteiger partial charge in [0.15, 0.2) is 6.29 Å². The summed E-state index contributed by atoms with van der Waals surface area (Å²) in [4.78, 5) is 11.2. The second-order valence-corrected chi connectivity index (χ2v) is 4.73. The first-order valence-electron chi connectivity index (χ1n) is 5.29. The molecule has 2 nitrogen and oxygen atoms in total. The smallest absolute Gasteiger partial charge is 0.152 e. The second-order valence-electron chi connectivity index (χ2n) is 4.29. The SMILES string of the molecule is CC(C)c1c(C=O)c2ccc(Cl)cc2n1C. The Bertz CT molecular complexity index is 555. The molecule has 0 unspecified atom stereocenters. The van der Waals surface area contributed by atoms with Crippen LogP contribution in [0.2, 0.25) is 5.02 Å². The summed E-state index contributed by atoms with van der Waals surface area (Å²) < 4.78 is 2.05. The van der Waals surface area contributed by atoms with Crippen LogP contribution >= 0.6 is 11.6 Å². The van der Waals surface area contributed by atoms with Crippen LogP contribution in [0.3, 0.4) is 0 Å². The maximum Gasteiger partial charge on any atom is 0.152 e. The number of hydrogen-bond acceptors (Lipinski definition) is 1. The van der Waals surface area contributed by atoms with E-state index < -0.39 is 0 Å². The van der Waals surface area contributed by atoms with Gasteiger partial charge in [0.1, 0.15) is 0 Å². The molecule has 2 aromatic rings. The van der Waals surface area contributed by atoms with Crippen molar-refractivity contribution in [2.24, 2.45) is 7.05 Å². The van der Waals surface area contributed by atoms with Crippen LogP contribution in [0.5, 0.6) is 0 Å². The standard InChI is InChI=1S/C13H14ClNO/c1-8(2)13-11(7-16)10-5-4-9(14)6-12(10)15(13)3/h4-8H,1-3H3. The van der Waals surface area contributed by atoms with Crippen LogP contribution in [-0.2, 0) is 7.05 Å². The quantitative estimate of drug-likeness (QED) is 0.727. The zero-order valence-corrected chi connectivity index (χ0v) is 10.4. The molecule has 0 saturated heterocycles. The fraction of sp³-hybridized carbons (Fsp3) is 0.308. The average molecular weight is 236 g/mol. The Morgan fingerprint density at radius 2 is 2.06 bits per heavy atom. The molecule has 0 aliphatic carbocycles. The predicted octanol–water partition coefficient (Wildman–Crippen LogP) is 3.77.